The second kappa shape index (κ2) is 7.72. The molecule has 0 radical (unpaired) electrons. The Morgan fingerprint density at radius 1 is 1.45 bits per heavy atom. The molecule has 1 amide bonds. The van der Waals surface area contributed by atoms with Gasteiger partial charge in [-0.15, -0.1) is 11.3 Å². The van der Waals surface area contributed by atoms with Crippen molar-refractivity contribution >= 4 is 34.0 Å². The average Bonchev–Trinajstić information content (AvgIpc) is 2.79. The fourth-order valence-corrected chi connectivity index (χ4v) is 3.21. The second-order valence-corrected chi connectivity index (χ2v) is 6.85. The number of carbonyl (C=O) groups is 1. The van der Waals surface area contributed by atoms with E-state index in [0.717, 1.165) is 27.6 Å². The predicted molar refractivity (Wildman–Crippen MR) is 92.6 cm³/mol. The quantitative estimate of drug-likeness (QED) is 0.843. The molecule has 6 heteroatoms. The van der Waals surface area contributed by atoms with Crippen molar-refractivity contribution in [1.29, 1.82) is 0 Å². The Morgan fingerprint density at radius 2 is 2.18 bits per heavy atom. The van der Waals surface area contributed by atoms with E-state index in [1.807, 2.05) is 38.1 Å². The highest BCUT2D eigenvalue weighted by Crippen LogP contribution is 2.27. The first-order valence-corrected chi connectivity index (χ1v) is 8.40. The molecule has 2 rings (SSSR count). The summed E-state index contributed by atoms with van der Waals surface area (Å²) in [5.41, 5.74) is 7.64. The molecule has 0 saturated heterocycles. The minimum Gasteiger partial charge on any atom is -0.328 e. The summed E-state index contributed by atoms with van der Waals surface area (Å²) in [4.78, 5) is 17.4. The van der Waals surface area contributed by atoms with Crippen molar-refractivity contribution in [2.75, 3.05) is 5.32 Å². The third-order valence-corrected chi connectivity index (χ3v) is 4.72. The Bertz CT molecular complexity index is 655. The molecular weight excluding hydrogens is 318 g/mol. The van der Waals surface area contributed by atoms with Crippen LogP contribution in [0.3, 0.4) is 0 Å². The molecule has 1 atom stereocenters. The van der Waals surface area contributed by atoms with Crippen LogP contribution in [0.4, 0.5) is 5.13 Å². The zero-order valence-electron chi connectivity index (χ0n) is 12.7. The topological polar surface area (TPSA) is 68.0 Å². The summed E-state index contributed by atoms with van der Waals surface area (Å²) < 4.78 is 0. The molecule has 2 aromatic rings. The summed E-state index contributed by atoms with van der Waals surface area (Å²) in [7, 11) is 0. The van der Waals surface area contributed by atoms with Gasteiger partial charge < -0.3 is 11.1 Å². The number of aryl methyl sites for hydroxylation is 1. The van der Waals surface area contributed by atoms with Crippen molar-refractivity contribution in [3.05, 3.63) is 45.4 Å². The van der Waals surface area contributed by atoms with Gasteiger partial charge in [0, 0.05) is 28.8 Å². The Labute approximate surface area is 139 Å². The van der Waals surface area contributed by atoms with Gasteiger partial charge in [-0.3, -0.25) is 4.79 Å². The van der Waals surface area contributed by atoms with Crippen LogP contribution in [0.5, 0.6) is 0 Å². The minimum absolute atomic E-state index is 0.0274. The van der Waals surface area contributed by atoms with Crippen LogP contribution in [0.2, 0.25) is 5.02 Å². The van der Waals surface area contributed by atoms with Crippen molar-refractivity contribution in [1.82, 2.24) is 4.98 Å². The highest BCUT2D eigenvalue weighted by molar-refractivity contribution is 7.15. The van der Waals surface area contributed by atoms with Crippen LogP contribution in [-0.4, -0.2) is 16.9 Å². The summed E-state index contributed by atoms with van der Waals surface area (Å²) in [6, 6.07) is 7.79. The van der Waals surface area contributed by atoms with Gasteiger partial charge in [-0.25, -0.2) is 4.98 Å². The lowest BCUT2D eigenvalue weighted by Crippen LogP contribution is -2.19. The van der Waals surface area contributed by atoms with Crippen molar-refractivity contribution < 1.29 is 4.79 Å². The largest absolute Gasteiger partial charge is 0.328 e. The number of anilines is 1. The van der Waals surface area contributed by atoms with Crippen molar-refractivity contribution in [3.8, 4) is 0 Å². The molecule has 3 N–H and O–H groups in total. The molecule has 0 saturated carbocycles. The van der Waals surface area contributed by atoms with Gasteiger partial charge in [0.05, 0.1) is 5.69 Å². The number of thiazole rings is 1. The van der Waals surface area contributed by atoms with Gasteiger partial charge in [0.2, 0.25) is 5.91 Å². The number of nitrogens with two attached hydrogens (primary N) is 1. The first-order valence-electron chi connectivity index (χ1n) is 7.21. The smallest absolute Gasteiger partial charge is 0.226 e. The van der Waals surface area contributed by atoms with E-state index in [2.05, 4.69) is 10.3 Å². The molecule has 22 heavy (non-hydrogen) atoms. The predicted octanol–water partition coefficient (Wildman–Crippen LogP) is 3.76. The van der Waals surface area contributed by atoms with Crippen LogP contribution in [-0.2, 0) is 11.2 Å². The summed E-state index contributed by atoms with van der Waals surface area (Å²) in [6.07, 6.45) is 1.80. The van der Waals surface area contributed by atoms with Crippen LogP contribution in [0.15, 0.2) is 24.3 Å². The molecular formula is C16H20ClN3OS. The number of nitrogens with zero attached hydrogens (tertiary/aromatic N) is 1. The van der Waals surface area contributed by atoms with E-state index in [0.29, 0.717) is 18.0 Å². The molecule has 0 fully saturated rings. The van der Waals surface area contributed by atoms with E-state index in [-0.39, 0.29) is 11.9 Å². The number of amides is 1. The van der Waals surface area contributed by atoms with Crippen LogP contribution in [0, 0.1) is 6.92 Å². The van der Waals surface area contributed by atoms with Gasteiger partial charge in [-0.1, -0.05) is 29.8 Å². The Morgan fingerprint density at radius 3 is 2.86 bits per heavy atom. The van der Waals surface area contributed by atoms with E-state index in [1.54, 1.807) is 0 Å². The molecule has 0 aliphatic rings. The van der Waals surface area contributed by atoms with E-state index in [4.69, 9.17) is 17.3 Å². The van der Waals surface area contributed by atoms with Gasteiger partial charge in [0.25, 0.3) is 0 Å². The third-order valence-electron chi connectivity index (χ3n) is 3.27. The summed E-state index contributed by atoms with van der Waals surface area (Å²) in [5.74, 6) is -0.0460. The van der Waals surface area contributed by atoms with Gasteiger partial charge >= 0.3 is 0 Å². The molecule has 0 aliphatic carbocycles. The maximum atomic E-state index is 11.8. The number of halogens is 1. The lowest BCUT2D eigenvalue weighted by molar-refractivity contribution is -0.116. The Kier molecular flexibility index (Phi) is 5.94. The van der Waals surface area contributed by atoms with Crippen molar-refractivity contribution in [2.45, 2.75) is 39.2 Å². The van der Waals surface area contributed by atoms with Gasteiger partial charge in [-0.05, 0) is 31.9 Å². The standard InChI is InChI=1S/C16H20ClN3OS/c1-10(18)7-8-15(21)20-16-19-11(2)14(22-16)9-12-5-3-4-6-13(12)17/h3-6,10H,7-9,18H2,1-2H3,(H,19,20,21). The summed E-state index contributed by atoms with van der Waals surface area (Å²) in [6.45, 7) is 3.84. The molecule has 0 aliphatic heterocycles. The van der Waals surface area contributed by atoms with Crippen molar-refractivity contribution in [2.24, 2.45) is 5.73 Å². The zero-order chi connectivity index (χ0) is 16.1. The highest BCUT2D eigenvalue weighted by atomic mass is 35.5. The number of rotatable bonds is 6. The molecule has 1 aromatic carbocycles. The number of hydrogen-bond donors (Lipinski definition) is 2. The molecule has 0 spiro atoms. The molecule has 1 unspecified atom stereocenters. The molecule has 1 aromatic heterocycles. The third kappa shape index (κ3) is 4.80. The lowest BCUT2D eigenvalue weighted by Gasteiger charge is -2.04. The van der Waals surface area contributed by atoms with Crippen LogP contribution in [0.1, 0.15) is 35.9 Å². The Hall–Kier alpha value is -1.43. The molecule has 4 nitrogen and oxygen atoms in total. The number of benzene rings is 1. The number of carbonyl (C=O) groups excluding carboxylic acids is 1. The van der Waals surface area contributed by atoms with E-state index < -0.39 is 0 Å². The van der Waals surface area contributed by atoms with Crippen molar-refractivity contribution in [3.63, 3.8) is 0 Å². The zero-order valence-corrected chi connectivity index (χ0v) is 14.3. The average molecular weight is 338 g/mol. The first-order chi connectivity index (χ1) is 10.5. The summed E-state index contributed by atoms with van der Waals surface area (Å²) >= 11 is 7.68. The van der Waals surface area contributed by atoms with E-state index in [1.165, 1.54) is 11.3 Å². The maximum absolute atomic E-state index is 11.8. The second-order valence-electron chi connectivity index (χ2n) is 5.36. The number of hydrogen-bond acceptors (Lipinski definition) is 4. The first kappa shape index (κ1) is 16.9. The fraction of sp³-hybridized carbons (Fsp3) is 0.375. The monoisotopic (exact) mass is 337 g/mol. The lowest BCUT2D eigenvalue weighted by atomic mass is 10.1. The fourth-order valence-electron chi connectivity index (χ4n) is 2.00. The van der Waals surface area contributed by atoms with Crippen LogP contribution in [0.25, 0.3) is 0 Å². The Balaban J connectivity index is 2.02. The van der Waals surface area contributed by atoms with Gasteiger partial charge in [-0.2, -0.15) is 0 Å². The van der Waals surface area contributed by atoms with Crippen LogP contribution >= 0.6 is 22.9 Å². The van der Waals surface area contributed by atoms with Crippen LogP contribution < -0.4 is 11.1 Å². The molecule has 118 valence electrons. The number of aromatic nitrogens is 1. The number of nitrogens with one attached hydrogen (secondary N) is 1. The minimum atomic E-state index is -0.0460. The summed E-state index contributed by atoms with van der Waals surface area (Å²) in [5, 5.41) is 4.22. The molecule has 1 heterocycles. The van der Waals surface area contributed by atoms with Gasteiger partial charge in [0.15, 0.2) is 5.13 Å². The SMILES string of the molecule is Cc1nc(NC(=O)CCC(C)N)sc1Cc1ccccc1Cl. The molecule has 0 bridgehead atoms. The van der Waals surface area contributed by atoms with E-state index in [9.17, 15) is 4.79 Å². The maximum Gasteiger partial charge on any atom is 0.226 e. The normalized spacial score (nSPS) is 12.2. The van der Waals surface area contributed by atoms with Gasteiger partial charge in [0.1, 0.15) is 0 Å². The van der Waals surface area contributed by atoms with E-state index >= 15 is 0 Å². The highest BCUT2D eigenvalue weighted by Gasteiger charge is 2.12.